The molecule has 0 atom stereocenters. The Bertz CT molecular complexity index is 382. The third-order valence-electron chi connectivity index (χ3n) is 2.96. The van der Waals surface area contributed by atoms with Crippen molar-refractivity contribution in [1.29, 1.82) is 0 Å². The lowest BCUT2D eigenvalue weighted by Gasteiger charge is -2.04. The molecule has 2 heteroatoms. The smallest absolute Gasteiger partial charge is 0.0312 e. The molecule has 0 saturated carbocycles. The van der Waals surface area contributed by atoms with Crippen LogP contribution in [0, 0.1) is 0 Å². The minimum atomic E-state index is 0.916. The second-order valence-electron chi connectivity index (χ2n) is 4.48. The van der Waals surface area contributed by atoms with Gasteiger partial charge in [0.25, 0.3) is 0 Å². The van der Waals surface area contributed by atoms with Crippen LogP contribution >= 0.6 is 0 Å². The van der Waals surface area contributed by atoms with Crippen molar-refractivity contribution < 1.29 is 0 Å². The molecule has 94 valence electrons. The number of hydrogen-bond acceptors (Lipinski definition) is 2. The van der Waals surface area contributed by atoms with Gasteiger partial charge in [0.05, 0.1) is 0 Å². The van der Waals surface area contributed by atoms with Gasteiger partial charge in [-0.25, -0.2) is 0 Å². The van der Waals surface area contributed by atoms with Crippen molar-refractivity contribution in [3.63, 3.8) is 0 Å². The fourth-order valence-electron chi connectivity index (χ4n) is 1.96. The van der Waals surface area contributed by atoms with Crippen LogP contribution in [-0.2, 0) is 13.0 Å². The Kier molecular flexibility index (Phi) is 5.41. The number of aromatic nitrogens is 1. The molecule has 0 radical (unpaired) electrons. The van der Waals surface area contributed by atoms with Gasteiger partial charge in [0.2, 0.25) is 0 Å². The highest BCUT2D eigenvalue weighted by molar-refractivity contribution is 5.14. The molecule has 0 spiro atoms. The number of rotatable bonds is 7. The Morgan fingerprint density at radius 3 is 2.50 bits per heavy atom. The van der Waals surface area contributed by atoms with Gasteiger partial charge < -0.3 is 5.32 Å². The lowest BCUT2D eigenvalue weighted by Crippen LogP contribution is -2.14. The van der Waals surface area contributed by atoms with E-state index in [1.807, 2.05) is 18.5 Å². The van der Waals surface area contributed by atoms with Crippen LogP contribution in [0.2, 0.25) is 0 Å². The fraction of sp³-hybridized carbons (Fsp3) is 0.312. The molecule has 0 unspecified atom stereocenters. The molecule has 2 nitrogen and oxygen atoms in total. The summed E-state index contributed by atoms with van der Waals surface area (Å²) in [7, 11) is 0. The third kappa shape index (κ3) is 4.68. The van der Waals surface area contributed by atoms with Gasteiger partial charge in [0.1, 0.15) is 0 Å². The van der Waals surface area contributed by atoms with Crippen LogP contribution in [0.4, 0.5) is 0 Å². The Morgan fingerprint density at radius 1 is 0.889 bits per heavy atom. The molecule has 0 saturated heterocycles. The van der Waals surface area contributed by atoms with Crippen LogP contribution in [-0.4, -0.2) is 11.5 Å². The van der Waals surface area contributed by atoms with Crippen molar-refractivity contribution in [1.82, 2.24) is 10.3 Å². The molecule has 1 heterocycles. The van der Waals surface area contributed by atoms with E-state index in [-0.39, 0.29) is 0 Å². The number of nitrogens with one attached hydrogen (secondary N) is 1. The van der Waals surface area contributed by atoms with Gasteiger partial charge in [-0.2, -0.15) is 0 Å². The molecule has 1 aromatic carbocycles. The lowest BCUT2D eigenvalue weighted by atomic mass is 10.1. The quantitative estimate of drug-likeness (QED) is 0.752. The van der Waals surface area contributed by atoms with Gasteiger partial charge in [-0.1, -0.05) is 36.4 Å². The zero-order chi connectivity index (χ0) is 12.5. The molecule has 0 amide bonds. The SMILES string of the molecule is c1ccc(CCCCNCc2cccnc2)cc1. The van der Waals surface area contributed by atoms with E-state index >= 15 is 0 Å². The van der Waals surface area contributed by atoms with Gasteiger partial charge in [-0.05, 0) is 43.0 Å². The third-order valence-corrected chi connectivity index (χ3v) is 2.96. The summed E-state index contributed by atoms with van der Waals surface area (Å²) in [6.07, 6.45) is 7.36. The Morgan fingerprint density at radius 2 is 1.72 bits per heavy atom. The van der Waals surface area contributed by atoms with Crippen molar-refractivity contribution in [2.75, 3.05) is 6.54 Å². The molecule has 2 aromatic rings. The topological polar surface area (TPSA) is 24.9 Å². The molecule has 0 aliphatic rings. The molecule has 0 aliphatic carbocycles. The molecule has 0 aliphatic heterocycles. The van der Waals surface area contributed by atoms with Crippen molar-refractivity contribution in [2.45, 2.75) is 25.8 Å². The van der Waals surface area contributed by atoms with Crippen LogP contribution in [0.1, 0.15) is 24.0 Å². The Hall–Kier alpha value is -1.67. The molecule has 18 heavy (non-hydrogen) atoms. The average Bonchev–Trinajstić information content (AvgIpc) is 2.45. The van der Waals surface area contributed by atoms with Gasteiger partial charge in [-0.15, -0.1) is 0 Å². The zero-order valence-electron chi connectivity index (χ0n) is 10.7. The van der Waals surface area contributed by atoms with Crippen molar-refractivity contribution in [3.05, 3.63) is 66.0 Å². The molecular weight excluding hydrogens is 220 g/mol. The number of aryl methyl sites for hydroxylation is 1. The molecule has 0 bridgehead atoms. The normalized spacial score (nSPS) is 10.4. The van der Waals surface area contributed by atoms with E-state index in [0.29, 0.717) is 0 Å². The van der Waals surface area contributed by atoms with Crippen LogP contribution in [0.15, 0.2) is 54.9 Å². The van der Waals surface area contributed by atoms with Crippen molar-refractivity contribution in [2.24, 2.45) is 0 Å². The summed E-state index contributed by atoms with van der Waals surface area (Å²) >= 11 is 0. The van der Waals surface area contributed by atoms with Gasteiger partial charge in [-0.3, -0.25) is 4.98 Å². The highest BCUT2D eigenvalue weighted by Gasteiger charge is 1.93. The van der Waals surface area contributed by atoms with E-state index in [1.165, 1.54) is 30.4 Å². The first kappa shape index (κ1) is 12.8. The summed E-state index contributed by atoms with van der Waals surface area (Å²) in [5.41, 5.74) is 2.69. The summed E-state index contributed by atoms with van der Waals surface area (Å²) < 4.78 is 0. The first-order valence-electron chi connectivity index (χ1n) is 6.59. The van der Waals surface area contributed by atoms with E-state index in [1.54, 1.807) is 0 Å². The molecule has 1 N–H and O–H groups in total. The first-order chi connectivity index (χ1) is 8.95. The summed E-state index contributed by atoms with van der Waals surface area (Å²) in [6.45, 7) is 1.99. The zero-order valence-corrected chi connectivity index (χ0v) is 10.7. The largest absolute Gasteiger partial charge is 0.313 e. The minimum absolute atomic E-state index is 0.916. The van der Waals surface area contributed by atoms with Gasteiger partial charge >= 0.3 is 0 Å². The van der Waals surface area contributed by atoms with E-state index in [4.69, 9.17) is 0 Å². The van der Waals surface area contributed by atoms with Crippen LogP contribution in [0.5, 0.6) is 0 Å². The number of benzene rings is 1. The van der Waals surface area contributed by atoms with Crippen LogP contribution < -0.4 is 5.32 Å². The monoisotopic (exact) mass is 240 g/mol. The molecule has 1 aromatic heterocycles. The predicted octanol–water partition coefficient (Wildman–Crippen LogP) is 3.19. The number of nitrogens with zero attached hydrogens (tertiary/aromatic N) is 1. The van der Waals surface area contributed by atoms with Gasteiger partial charge in [0, 0.05) is 18.9 Å². The van der Waals surface area contributed by atoms with Crippen molar-refractivity contribution >= 4 is 0 Å². The van der Waals surface area contributed by atoms with E-state index in [0.717, 1.165) is 13.1 Å². The molecular formula is C16H20N2. The summed E-state index contributed by atoms with van der Waals surface area (Å²) in [5, 5.41) is 3.45. The maximum Gasteiger partial charge on any atom is 0.0312 e. The van der Waals surface area contributed by atoms with E-state index in [9.17, 15) is 0 Å². The lowest BCUT2D eigenvalue weighted by molar-refractivity contribution is 0.622. The van der Waals surface area contributed by atoms with E-state index < -0.39 is 0 Å². The molecule has 0 fully saturated rings. The standard InChI is InChI=1S/C16H20N2/c1-2-7-15(8-3-1)9-4-5-11-17-13-16-10-6-12-18-14-16/h1-3,6-8,10,12,14,17H,4-5,9,11,13H2. The maximum absolute atomic E-state index is 4.10. The summed E-state index contributed by atoms with van der Waals surface area (Å²) in [6, 6.07) is 14.8. The summed E-state index contributed by atoms with van der Waals surface area (Å²) in [5.74, 6) is 0. The van der Waals surface area contributed by atoms with Crippen LogP contribution in [0.25, 0.3) is 0 Å². The second kappa shape index (κ2) is 7.62. The summed E-state index contributed by atoms with van der Waals surface area (Å²) in [4.78, 5) is 4.10. The van der Waals surface area contributed by atoms with Crippen LogP contribution in [0.3, 0.4) is 0 Å². The number of pyridine rings is 1. The predicted molar refractivity (Wildman–Crippen MR) is 75.3 cm³/mol. The second-order valence-corrected chi connectivity index (χ2v) is 4.48. The number of unbranched alkanes of at least 4 members (excludes halogenated alkanes) is 1. The Labute approximate surface area is 109 Å². The average molecular weight is 240 g/mol. The minimum Gasteiger partial charge on any atom is -0.313 e. The highest BCUT2D eigenvalue weighted by atomic mass is 14.8. The van der Waals surface area contributed by atoms with Gasteiger partial charge in [0.15, 0.2) is 0 Å². The van der Waals surface area contributed by atoms with Crippen molar-refractivity contribution in [3.8, 4) is 0 Å². The van der Waals surface area contributed by atoms with E-state index in [2.05, 4.69) is 46.7 Å². The highest BCUT2D eigenvalue weighted by Crippen LogP contribution is 2.04. The number of hydrogen-bond donors (Lipinski definition) is 1. The molecule has 2 rings (SSSR count). The maximum atomic E-state index is 4.10. The Balaban J connectivity index is 1.54. The fourth-order valence-corrected chi connectivity index (χ4v) is 1.96. The first-order valence-corrected chi connectivity index (χ1v) is 6.59.